The number of aliphatic hydroxyl groups is 1. The van der Waals surface area contributed by atoms with Gasteiger partial charge in [0.1, 0.15) is 0 Å². The third-order valence-corrected chi connectivity index (χ3v) is 4.67. The number of carbonyl (C=O) groups is 2. The first-order valence-electron chi connectivity index (χ1n) is 9.39. The lowest BCUT2D eigenvalue weighted by atomic mass is 9.98. The zero-order chi connectivity index (χ0) is 16.9. The second-order valence-corrected chi connectivity index (χ2v) is 6.54. The zero-order valence-corrected chi connectivity index (χ0v) is 14.7. The van der Waals surface area contributed by atoms with Crippen molar-refractivity contribution < 1.29 is 14.7 Å². The molecule has 0 bridgehead atoms. The Balaban J connectivity index is 2.48. The van der Waals surface area contributed by atoms with Crippen LogP contribution >= 0.6 is 0 Å². The minimum atomic E-state index is -0.521. The molecule has 0 radical (unpaired) electrons. The highest BCUT2D eigenvalue weighted by Gasteiger charge is 2.22. The predicted molar refractivity (Wildman–Crippen MR) is 92.1 cm³/mol. The summed E-state index contributed by atoms with van der Waals surface area (Å²) in [5, 5.41) is 11.9. The minimum absolute atomic E-state index is 0.110. The largest absolute Gasteiger partial charge is 0.395 e. The summed E-state index contributed by atoms with van der Waals surface area (Å²) >= 11 is 0. The molecule has 23 heavy (non-hydrogen) atoms. The number of nitrogens with zero attached hydrogens (tertiary/aromatic N) is 1. The smallest absolute Gasteiger partial charge is 0.311 e. The van der Waals surface area contributed by atoms with Crippen molar-refractivity contribution in [1.29, 1.82) is 0 Å². The van der Waals surface area contributed by atoms with Crippen LogP contribution in [0.3, 0.4) is 0 Å². The molecule has 0 aliphatic heterocycles. The van der Waals surface area contributed by atoms with Gasteiger partial charge in [-0.3, -0.25) is 9.59 Å². The minimum Gasteiger partial charge on any atom is -0.395 e. The highest BCUT2D eigenvalue weighted by molar-refractivity contribution is 6.35. The van der Waals surface area contributed by atoms with Gasteiger partial charge in [0.15, 0.2) is 0 Å². The second-order valence-electron chi connectivity index (χ2n) is 6.54. The van der Waals surface area contributed by atoms with Gasteiger partial charge in [0.2, 0.25) is 0 Å². The molecule has 1 saturated carbocycles. The van der Waals surface area contributed by atoms with E-state index < -0.39 is 11.8 Å². The summed E-state index contributed by atoms with van der Waals surface area (Å²) in [6.07, 6.45) is 13.1. The summed E-state index contributed by atoms with van der Waals surface area (Å²) in [7, 11) is 0. The molecule has 1 fully saturated rings. The number of aliphatic hydroxyl groups excluding tert-OH is 1. The van der Waals surface area contributed by atoms with Crippen LogP contribution in [0, 0.1) is 0 Å². The molecular formula is C18H34N2O3. The van der Waals surface area contributed by atoms with Crippen molar-refractivity contribution in [2.45, 2.75) is 83.6 Å². The molecule has 1 aliphatic carbocycles. The first-order valence-corrected chi connectivity index (χ1v) is 9.39. The van der Waals surface area contributed by atoms with E-state index in [1.54, 1.807) is 0 Å². The van der Waals surface area contributed by atoms with Crippen LogP contribution in [0.4, 0.5) is 0 Å². The van der Waals surface area contributed by atoms with E-state index >= 15 is 0 Å². The van der Waals surface area contributed by atoms with Crippen LogP contribution in [0.2, 0.25) is 0 Å². The summed E-state index contributed by atoms with van der Waals surface area (Å²) in [6.45, 7) is 2.36. The maximum absolute atomic E-state index is 12.2. The average molecular weight is 326 g/mol. The Hall–Kier alpha value is -1.10. The van der Waals surface area contributed by atoms with Gasteiger partial charge in [0.05, 0.1) is 6.61 Å². The number of rotatable bonds is 4. The lowest BCUT2D eigenvalue weighted by Gasteiger charge is -2.23. The molecule has 0 spiro atoms. The Labute approximate surface area is 140 Å². The molecule has 134 valence electrons. The maximum Gasteiger partial charge on any atom is 0.311 e. The average Bonchev–Trinajstić information content (AvgIpc) is 2.54. The molecule has 0 saturated heterocycles. The fourth-order valence-electron chi connectivity index (χ4n) is 3.22. The standard InChI is InChI=1S/C18H34N2O3/c1-2-20(14-15-21)18(23)17(22)19-16-12-10-8-6-4-3-5-7-9-11-13-16/h16,21H,2-15H2,1H3,(H,19,22). The first kappa shape index (κ1) is 19.9. The molecule has 0 unspecified atom stereocenters. The molecule has 2 N–H and O–H groups in total. The van der Waals surface area contributed by atoms with E-state index in [9.17, 15) is 9.59 Å². The van der Waals surface area contributed by atoms with Gasteiger partial charge in [-0.2, -0.15) is 0 Å². The van der Waals surface area contributed by atoms with Crippen molar-refractivity contribution in [2.75, 3.05) is 19.7 Å². The Kier molecular flexibility index (Phi) is 10.7. The quantitative estimate of drug-likeness (QED) is 0.780. The van der Waals surface area contributed by atoms with E-state index in [1.807, 2.05) is 6.92 Å². The molecule has 5 nitrogen and oxygen atoms in total. The van der Waals surface area contributed by atoms with Crippen LogP contribution in [-0.4, -0.2) is 47.6 Å². The van der Waals surface area contributed by atoms with Gasteiger partial charge in [-0.15, -0.1) is 0 Å². The van der Waals surface area contributed by atoms with Crippen molar-refractivity contribution in [3.8, 4) is 0 Å². The van der Waals surface area contributed by atoms with Crippen molar-refractivity contribution in [3.05, 3.63) is 0 Å². The number of hydrogen-bond acceptors (Lipinski definition) is 3. The van der Waals surface area contributed by atoms with Gasteiger partial charge in [-0.05, 0) is 19.8 Å². The summed E-state index contributed by atoms with van der Waals surface area (Å²) < 4.78 is 0. The van der Waals surface area contributed by atoms with Gasteiger partial charge in [0.25, 0.3) is 0 Å². The summed E-state index contributed by atoms with van der Waals surface area (Å²) in [6, 6.07) is 0.110. The van der Waals surface area contributed by atoms with Crippen molar-refractivity contribution >= 4 is 11.8 Å². The summed E-state index contributed by atoms with van der Waals surface area (Å²) in [4.78, 5) is 25.7. The Morgan fingerprint density at radius 2 is 1.43 bits per heavy atom. The molecule has 1 rings (SSSR count). The third-order valence-electron chi connectivity index (χ3n) is 4.67. The number of likely N-dealkylation sites (N-methyl/N-ethyl adjacent to an activating group) is 1. The first-order chi connectivity index (χ1) is 11.2. The van der Waals surface area contributed by atoms with Gasteiger partial charge >= 0.3 is 11.8 Å². The molecule has 5 heteroatoms. The predicted octanol–water partition coefficient (Wildman–Crippen LogP) is 2.62. The van der Waals surface area contributed by atoms with Crippen LogP contribution < -0.4 is 5.32 Å². The monoisotopic (exact) mass is 326 g/mol. The molecule has 0 heterocycles. The van der Waals surface area contributed by atoms with Crippen LogP contribution in [0.25, 0.3) is 0 Å². The fourth-order valence-corrected chi connectivity index (χ4v) is 3.22. The van der Waals surface area contributed by atoms with E-state index in [0.717, 1.165) is 25.7 Å². The van der Waals surface area contributed by atoms with Crippen LogP contribution in [-0.2, 0) is 9.59 Å². The lowest BCUT2D eigenvalue weighted by molar-refractivity contribution is -0.146. The molecule has 0 atom stereocenters. The third kappa shape index (κ3) is 8.35. The topological polar surface area (TPSA) is 69.6 Å². The fraction of sp³-hybridized carbons (Fsp3) is 0.889. The van der Waals surface area contributed by atoms with Crippen molar-refractivity contribution in [1.82, 2.24) is 10.2 Å². The van der Waals surface area contributed by atoms with E-state index in [4.69, 9.17) is 5.11 Å². The highest BCUT2D eigenvalue weighted by Crippen LogP contribution is 2.17. The Morgan fingerprint density at radius 3 is 1.87 bits per heavy atom. The normalized spacial score (nSPS) is 18.5. The van der Waals surface area contributed by atoms with E-state index in [-0.39, 0.29) is 19.2 Å². The van der Waals surface area contributed by atoms with E-state index in [2.05, 4.69) is 5.32 Å². The van der Waals surface area contributed by atoms with E-state index in [0.29, 0.717) is 6.54 Å². The number of hydrogen-bond donors (Lipinski definition) is 2. The molecule has 2 amide bonds. The van der Waals surface area contributed by atoms with Gasteiger partial charge in [-0.25, -0.2) is 0 Å². The van der Waals surface area contributed by atoms with Crippen LogP contribution in [0.15, 0.2) is 0 Å². The van der Waals surface area contributed by atoms with Gasteiger partial charge in [-0.1, -0.05) is 57.8 Å². The highest BCUT2D eigenvalue weighted by atomic mass is 16.3. The number of amides is 2. The molecule has 0 aromatic heterocycles. The van der Waals surface area contributed by atoms with Crippen molar-refractivity contribution in [3.63, 3.8) is 0 Å². The summed E-state index contributed by atoms with van der Waals surface area (Å²) in [5.41, 5.74) is 0. The zero-order valence-electron chi connectivity index (χ0n) is 14.7. The van der Waals surface area contributed by atoms with Gasteiger partial charge < -0.3 is 15.3 Å². The number of carbonyl (C=O) groups excluding carboxylic acids is 2. The Morgan fingerprint density at radius 1 is 0.957 bits per heavy atom. The number of nitrogens with one attached hydrogen (secondary N) is 1. The SMILES string of the molecule is CCN(CCO)C(=O)C(=O)NC1CCCCCCCCCCC1. The molecule has 0 aromatic carbocycles. The lowest BCUT2D eigenvalue weighted by Crippen LogP contribution is -2.47. The van der Waals surface area contributed by atoms with Gasteiger partial charge in [0, 0.05) is 19.1 Å². The van der Waals surface area contributed by atoms with Crippen LogP contribution in [0.1, 0.15) is 77.6 Å². The Bertz CT molecular complexity index is 335. The molecule has 0 aromatic rings. The maximum atomic E-state index is 12.2. The van der Waals surface area contributed by atoms with E-state index in [1.165, 1.54) is 49.8 Å². The molecular weight excluding hydrogens is 292 g/mol. The summed E-state index contributed by atoms with van der Waals surface area (Å²) in [5.74, 6) is -1.04. The second kappa shape index (κ2) is 12.3. The van der Waals surface area contributed by atoms with Crippen molar-refractivity contribution in [2.24, 2.45) is 0 Å². The molecule has 1 aliphatic rings. The van der Waals surface area contributed by atoms with Crippen LogP contribution in [0.5, 0.6) is 0 Å².